The Bertz CT molecular complexity index is 669. The third-order valence-electron chi connectivity index (χ3n) is 3.81. The van der Waals surface area contributed by atoms with Gasteiger partial charge in [-0.25, -0.2) is 8.42 Å². The van der Waals surface area contributed by atoms with Gasteiger partial charge >= 0.3 is 0 Å². The van der Waals surface area contributed by atoms with Gasteiger partial charge in [-0.1, -0.05) is 0 Å². The summed E-state index contributed by atoms with van der Waals surface area (Å²) in [6.07, 6.45) is 1.65. The second-order valence-corrected chi connectivity index (χ2v) is 7.87. The number of likely N-dealkylation sites (N-methyl/N-ethyl adjacent to an activating group) is 1. The first-order chi connectivity index (χ1) is 10.8. The van der Waals surface area contributed by atoms with Gasteiger partial charge in [0.2, 0.25) is 10.0 Å². The Morgan fingerprint density at radius 1 is 1.30 bits per heavy atom. The summed E-state index contributed by atoms with van der Waals surface area (Å²) in [6.45, 7) is 2.32. The number of nitrogens with one attached hydrogen (secondary N) is 2. The molecule has 1 fully saturated rings. The number of sulfonamides is 1. The van der Waals surface area contributed by atoms with Crippen LogP contribution >= 0.6 is 0 Å². The molecule has 1 heterocycles. The van der Waals surface area contributed by atoms with Gasteiger partial charge < -0.3 is 10.2 Å². The van der Waals surface area contributed by atoms with Crippen LogP contribution in [0.3, 0.4) is 0 Å². The summed E-state index contributed by atoms with van der Waals surface area (Å²) in [5, 5.41) is 14.3. The Hall–Kier alpha value is -1.71. The zero-order valence-electron chi connectivity index (χ0n) is 13.4. The van der Waals surface area contributed by atoms with Gasteiger partial charge in [0, 0.05) is 19.2 Å². The number of hydrogen-bond donors (Lipinski definition) is 2. The molecule has 9 heteroatoms. The summed E-state index contributed by atoms with van der Waals surface area (Å²) in [5.41, 5.74) is 0.135. The number of anilines is 1. The summed E-state index contributed by atoms with van der Waals surface area (Å²) in [7, 11) is 0.327. The van der Waals surface area contributed by atoms with Crippen molar-refractivity contribution in [2.75, 3.05) is 45.6 Å². The van der Waals surface area contributed by atoms with E-state index < -0.39 is 14.9 Å². The van der Waals surface area contributed by atoms with E-state index in [0.29, 0.717) is 25.3 Å². The van der Waals surface area contributed by atoms with Crippen molar-refractivity contribution < 1.29 is 18.2 Å². The Kier molecular flexibility index (Phi) is 5.55. The van der Waals surface area contributed by atoms with Gasteiger partial charge in [0.25, 0.3) is 5.69 Å². The highest BCUT2D eigenvalue weighted by Crippen LogP contribution is 2.29. The molecule has 2 N–H and O–H groups in total. The predicted molar refractivity (Wildman–Crippen MR) is 87.3 cm³/mol. The van der Waals surface area contributed by atoms with E-state index in [1.54, 1.807) is 0 Å². The normalized spacial score (nSPS) is 16.0. The lowest BCUT2D eigenvalue weighted by molar-refractivity contribution is -0.856. The van der Waals surface area contributed by atoms with Crippen LogP contribution in [-0.4, -0.2) is 57.9 Å². The van der Waals surface area contributed by atoms with Gasteiger partial charge in [-0.2, -0.15) is 4.31 Å². The third-order valence-corrected chi connectivity index (χ3v) is 5.70. The van der Waals surface area contributed by atoms with E-state index in [0.717, 1.165) is 25.5 Å². The van der Waals surface area contributed by atoms with Crippen LogP contribution in [0.5, 0.6) is 0 Å². The van der Waals surface area contributed by atoms with Gasteiger partial charge in [-0.15, -0.1) is 0 Å². The molecule has 0 amide bonds. The van der Waals surface area contributed by atoms with Gasteiger partial charge in [0.05, 0.1) is 37.0 Å². The Morgan fingerprint density at radius 3 is 2.52 bits per heavy atom. The number of nitrogens with zero attached hydrogens (tertiary/aromatic N) is 2. The highest BCUT2D eigenvalue weighted by molar-refractivity contribution is 7.89. The molecule has 1 aliphatic heterocycles. The van der Waals surface area contributed by atoms with Crippen LogP contribution in [0.1, 0.15) is 12.8 Å². The van der Waals surface area contributed by atoms with Crippen molar-refractivity contribution in [3.63, 3.8) is 0 Å². The number of hydrogen-bond acceptors (Lipinski definition) is 5. The van der Waals surface area contributed by atoms with Crippen LogP contribution < -0.4 is 10.2 Å². The van der Waals surface area contributed by atoms with Crippen molar-refractivity contribution >= 4 is 21.4 Å². The smallest absolute Gasteiger partial charge is 0.293 e. The minimum absolute atomic E-state index is 0.0186. The largest absolute Gasteiger partial charge is 0.374 e. The predicted octanol–water partition coefficient (Wildman–Crippen LogP) is -0.0643. The fourth-order valence-corrected chi connectivity index (χ4v) is 4.03. The first-order valence-corrected chi connectivity index (χ1v) is 9.08. The number of nitro benzene ring substituents is 1. The number of rotatable bonds is 7. The standard InChI is InChI=1S/C14H22N4O4S/c1-16(2)10-7-15-13-6-5-12(11-14(13)18(19)20)23(21,22)17-8-3-4-9-17/h5-6,11,15H,3-4,7-10H2,1-2H3/p+1. The number of nitro groups is 1. The zero-order chi connectivity index (χ0) is 17.0. The van der Waals surface area contributed by atoms with Crippen molar-refractivity contribution in [3.05, 3.63) is 28.3 Å². The molecule has 1 aromatic carbocycles. The van der Waals surface area contributed by atoms with Crippen LogP contribution in [0.2, 0.25) is 0 Å². The lowest BCUT2D eigenvalue weighted by atomic mass is 10.2. The maximum Gasteiger partial charge on any atom is 0.293 e. The SMILES string of the molecule is C[NH+](C)CCNc1ccc(S(=O)(=O)N2CCCC2)cc1[N+](=O)[O-]. The molecule has 2 rings (SSSR count). The topological polar surface area (TPSA) is 97.0 Å². The highest BCUT2D eigenvalue weighted by atomic mass is 32.2. The summed E-state index contributed by atoms with van der Waals surface area (Å²) >= 11 is 0. The number of benzene rings is 1. The molecule has 23 heavy (non-hydrogen) atoms. The summed E-state index contributed by atoms with van der Waals surface area (Å²) in [6, 6.07) is 4.07. The summed E-state index contributed by atoms with van der Waals surface area (Å²) < 4.78 is 26.4. The summed E-state index contributed by atoms with van der Waals surface area (Å²) in [5.74, 6) is 0. The summed E-state index contributed by atoms with van der Waals surface area (Å²) in [4.78, 5) is 11.9. The molecule has 0 aromatic heterocycles. The molecule has 0 bridgehead atoms. The molecule has 0 spiro atoms. The lowest BCUT2D eigenvalue weighted by Gasteiger charge is -2.16. The van der Waals surface area contributed by atoms with Crippen molar-refractivity contribution in [1.82, 2.24) is 4.31 Å². The molecule has 0 saturated carbocycles. The van der Waals surface area contributed by atoms with Crippen molar-refractivity contribution in [2.45, 2.75) is 17.7 Å². The van der Waals surface area contributed by atoms with E-state index in [4.69, 9.17) is 0 Å². The molecule has 1 saturated heterocycles. The van der Waals surface area contributed by atoms with Crippen molar-refractivity contribution in [2.24, 2.45) is 0 Å². The van der Waals surface area contributed by atoms with Crippen LogP contribution in [-0.2, 0) is 10.0 Å². The first-order valence-electron chi connectivity index (χ1n) is 7.64. The fraction of sp³-hybridized carbons (Fsp3) is 0.571. The minimum Gasteiger partial charge on any atom is -0.374 e. The molecule has 128 valence electrons. The highest BCUT2D eigenvalue weighted by Gasteiger charge is 2.29. The molecule has 0 radical (unpaired) electrons. The van der Waals surface area contributed by atoms with Crippen LogP contribution in [0, 0.1) is 10.1 Å². The molecular weight excluding hydrogens is 320 g/mol. The van der Waals surface area contributed by atoms with E-state index in [1.807, 2.05) is 14.1 Å². The molecule has 0 unspecified atom stereocenters. The fourth-order valence-electron chi connectivity index (χ4n) is 2.50. The van der Waals surface area contributed by atoms with E-state index in [2.05, 4.69) is 5.32 Å². The molecule has 1 aromatic rings. The second-order valence-electron chi connectivity index (χ2n) is 5.93. The molecule has 0 aliphatic carbocycles. The van der Waals surface area contributed by atoms with Crippen molar-refractivity contribution in [1.29, 1.82) is 0 Å². The molecular formula is C14H23N4O4S+. The van der Waals surface area contributed by atoms with Crippen LogP contribution in [0.25, 0.3) is 0 Å². The average molecular weight is 343 g/mol. The third kappa shape index (κ3) is 4.18. The second kappa shape index (κ2) is 7.24. The number of quaternary nitrogens is 1. The van der Waals surface area contributed by atoms with Crippen LogP contribution in [0.4, 0.5) is 11.4 Å². The van der Waals surface area contributed by atoms with Crippen LogP contribution in [0.15, 0.2) is 23.1 Å². The quantitative estimate of drug-likeness (QED) is 0.534. The maximum absolute atomic E-state index is 12.5. The van der Waals surface area contributed by atoms with Gasteiger partial charge in [-0.05, 0) is 25.0 Å². The maximum atomic E-state index is 12.5. The molecule has 1 aliphatic rings. The van der Waals surface area contributed by atoms with Gasteiger partial charge in [0.15, 0.2) is 0 Å². The van der Waals surface area contributed by atoms with Crippen molar-refractivity contribution in [3.8, 4) is 0 Å². The van der Waals surface area contributed by atoms with Gasteiger partial charge in [-0.3, -0.25) is 10.1 Å². The monoisotopic (exact) mass is 343 g/mol. The van der Waals surface area contributed by atoms with E-state index in [9.17, 15) is 18.5 Å². The lowest BCUT2D eigenvalue weighted by Crippen LogP contribution is -3.06. The Labute approximate surface area is 136 Å². The Balaban J connectivity index is 2.26. The average Bonchev–Trinajstić information content (AvgIpc) is 3.01. The molecule has 8 nitrogen and oxygen atoms in total. The van der Waals surface area contributed by atoms with Gasteiger partial charge in [0.1, 0.15) is 5.69 Å². The minimum atomic E-state index is -3.65. The molecule has 0 atom stereocenters. The first kappa shape index (κ1) is 17.6. The van der Waals surface area contributed by atoms with E-state index in [1.165, 1.54) is 21.3 Å². The Morgan fingerprint density at radius 2 is 1.96 bits per heavy atom. The van der Waals surface area contributed by atoms with E-state index >= 15 is 0 Å². The zero-order valence-corrected chi connectivity index (χ0v) is 14.2. The van der Waals surface area contributed by atoms with E-state index in [-0.39, 0.29) is 10.6 Å².